The largest absolute Gasteiger partial charge is 0.477 e. The molecule has 0 radical (unpaired) electrons. The van der Waals surface area contributed by atoms with Crippen LogP contribution in [0.1, 0.15) is 52.9 Å². The number of allylic oxidation sites excluding steroid dienone is 1. The van der Waals surface area contributed by atoms with E-state index in [4.69, 9.17) is 5.11 Å². The van der Waals surface area contributed by atoms with E-state index >= 15 is 0 Å². The van der Waals surface area contributed by atoms with Crippen LogP contribution in [0.5, 0.6) is 0 Å². The second-order valence-corrected chi connectivity index (χ2v) is 7.62. The molecule has 0 aromatic rings. The molecule has 0 heterocycles. The molecule has 0 saturated heterocycles. The molecule has 1 amide bonds. The molecule has 124 valence electrons. The molecular formula is C16H25NO4S. The van der Waals surface area contributed by atoms with Gasteiger partial charge in [-0.3, -0.25) is 9.59 Å². The van der Waals surface area contributed by atoms with Crippen LogP contribution >= 0.6 is 11.8 Å². The highest BCUT2D eigenvalue weighted by Gasteiger charge is 2.50. The van der Waals surface area contributed by atoms with Crippen molar-refractivity contribution in [1.29, 1.82) is 0 Å². The Morgan fingerprint density at radius 3 is 2.41 bits per heavy atom. The Hall–Kier alpha value is -1.30. The molecule has 0 aromatic heterocycles. The van der Waals surface area contributed by atoms with E-state index in [1.807, 2.05) is 13.8 Å². The van der Waals surface area contributed by atoms with Gasteiger partial charge in [0, 0.05) is 18.6 Å². The standard InChI is InChI=1S/C16H25NO4S/c1-11(18)22-9-7-5-4-6-8-13(15(20)21)17-14(19)12-10-16(12,2)3/h8,12H,4-7,9-10H2,1-3H3,(H,17,19)(H,20,21). The predicted molar refractivity (Wildman–Crippen MR) is 87.4 cm³/mol. The third-order valence-corrected chi connectivity index (χ3v) is 4.72. The third-order valence-electron chi connectivity index (χ3n) is 3.82. The highest BCUT2D eigenvalue weighted by atomic mass is 32.2. The summed E-state index contributed by atoms with van der Waals surface area (Å²) in [7, 11) is 0. The monoisotopic (exact) mass is 327 g/mol. The van der Waals surface area contributed by atoms with Gasteiger partial charge in [0.2, 0.25) is 5.91 Å². The summed E-state index contributed by atoms with van der Waals surface area (Å²) in [5.41, 5.74) is -0.0342. The number of hydrogen-bond acceptors (Lipinski definition) is 4. The van der Waals surface area contributed by atoms with Gasteiger partial charge < -0.3 is 10.4 Å². The Morgan fingerprint density at radius 1 is 1.27 bits per heavy atom. The molecular weight excluding hydrogens is 302 g/mol. The smallest absolute Gasteiger partial charge is 0.352 e. The average Bonchev–Trinajstić information content (AvgIpc) is 3.04. The summed E-state index contributed by atoms with van der Waals surface area (Å²) in [6, 6.07) is 0. The van der Waals surface area contributed by atoms with Gasteiger partial charge in [0.05, 0.1) is 0 Å². The van der Waals surface area contributed by atoms with E-state index in [2.05, 4.69) is 5.32 Å². The highest BCUT2D eigenvalue weighted by molar-refractivity contribution is 8.13. The minimum absolute atomic E-state index is 0.0118. The van der Waals surface area contributed by atoms with E-state index in [0.717, 1.165) is 31.4 Å². The number of hydrogen-bond donors (Lipinski definition) is 2. The van der Waals surface area contributed by atoms with E-state index in [1.54, 1.807) is 13.0 Å². The molecule has 1 saturated carbocycles. The van der Waals surface area contributed by atoms with Crippen LogP contribution < -0.4 is 5.32 Å². The molecule has 1 aliphatic carbocycles. The van der Waals surface area contributed by atoms with Gasteiger partial charge in [0.25, 0.3) is 0 Å². The minimum atomic E-state index is -1.10. The van der Waals surface area contributed by atoms with Crippen molar-refractivity contribution < 1.29 is 19.5 Å². The number of aliphatic carboxylic acids is 1. The fraction of sp³-hybridized carbons (Fsp3) is 0.688. The van der Waals surface area contributed by atoms with Crippen LogP contribution in [0.25, 0.3) is 0 Å². The van der Waals surface area contributed by atoms with Gasteiger partial charge in [-0.05, 0) is 31.1 Å². The number of carboxylic acid groups (broad SMARTS) is 1. The van der Waals surface area contributed by atoms with Crippen LogP contribution in [0.3, 0.4) is 0 Å². The molecule has 5 nitrogen and oxygen atoms in total. The van der Waals surface area contributed by atoms with Gasteiger partial charge in [-0.15, -0.1) is 0 Å². The van der Waals surface area contributed by atoms with E-state index in [-0.39, 0.29) is 28.1 Å². The minimum Gasteiger partial charge on any atom is -0.477 e. The lowest BCUT2D eigenvalue weighted by Gasteiger charge is -2.07. The first-order chi connectivity index (χ1) is 10.2. The summed E-state index contributed by atoms with van der Waals surface area (Å²) in [6.07, 6.45) is 5.71. The van der Waals surface area contributed by atoms with Crippen LogP contribution in [-0.4, -0.2) is 27.9 Å². The van der Waals surface area contributed by atoms with E-state index in [1.165, 1.54) is 11.8 Å². The van der Waals surface area contributed by atoms with E-state index < -0.39 is 5.97 Å². The van der Waals surface area contributed by atoms with Crippen molar-refractivity contribution in [3.05, 3.63) is 11.8 Å². The van der Waals surface area contributed by atoms with Crippen LogP contribution in [0.4, 0.5) is 0 Å². The zero-order chi connectivity index (χ0) is 16.8. The van der Waals surface area contributed by atoms with Gasteiger partial charge in [0.15, 0.2) is 5.12 Å². The number of unbranched alkanes of at least 4 members (excludes halogenated alkanes) is 3. The summed E-state index contributed by atoms with van der Waals surface area (Å²) >= 11 is 1.31. The molecule has 1 rings (SSSR count). The van der Waals surface area contributed by atoms with Crippen molar-refractivity contribution in [2.45, 2.75) is 52.9 Å². The number of thioether (sulfide) groups is 1. The molecule has 22 heavy (non-hydrogen) atoms. The molecule has 2 N–H and O–H groups in total. The van der Waals surface area contributed by atoms with Crippen LogP contribution in [-0.2, 0) is 14.4 Å². The Balaban J connectivity index is 2.29. The van der Waals surface area contributed by atoms with Crippen molar-refractivity contribution in [3.63, 3.8) is 0 Å². The first kappa shape index (κ1) is 18.7. The molecule has 1 fully saturated rings. The number of carboxylic acids is 1. The summed E-state index contributed by atoms with van der Waals surface area (Å²) in [6.45, 7) is 5.55. The van der Waals surface area contributed by atoms with E-state index in [9.17, 15) is 14.4 Å². The fourth-order valence-electron chi connectivity index (χ4n) is 2.21. The average molecular weight is 327 g/mol. The van der Waals surface area contributed by atoms with Gasteiger partial charge in [0.1, 0.15) is 5.70 Å². The SMILES string of the molecule is CC(=O)SCCCCCC=C(NC(=O)C1CC1(C)C)C(=O)O. The predicted octanol–water partition coefficient (Wildman–Crippen LogP) is 2.96. The maximum Gasteiger partial charge on any atom is 0.352 e. The quantitative estimate of drug-likeness (QED) is 0.502. The Kier molecular flexibility index (Phi) is 7.13. The molecule has 0 aromatic carbocycles. The number of carbonyl (C=O) groups is 3. The number of rotatable bonds is 9. The first-order valence-electron chi connectivity index (χ1n) is 7.61. The second-order valence-electron chi connectivity index (χ2n) is 6.35. The van der Waals surface area contributed by atoms with Crippen LogP contribution in [0.2, 0.25) is 0 Å². The molecule has 0 spiro atoms. The molecule has 0 bridgehead atoms. The van der Waals surface area contributed by atoms with Crippen molar-refractivity contribution >= 4 is 28.8 Å². The highest BCUT2D eigenvalue weighted by Crippen LogP contribution is 2.51. The molecule has 1 unspecified atom stereocenters. The van der Waals surface area contributed by atoms with Crippen molar-refractivity contribution in [3.8, 4) is 0 Å². The van der Waals surface area contributed by atoms with Crippen molar-refractivity contribution in [2.24, 2.45) is 11.3 Å². The number of carbonyl (C=O) groups excluding carboxylic acids is 2. The summed E-state index contributed by atoms with van der Waals surface area (Å²) in [5, 5.41) is 11.8. The lowest BCUT2D eigenvalue weighted by atomic mass is 10.1. The normalized spacial score (nSPS) is 19.6. The Morgan fingerprint density at radius 2 is 1.91 bits per heavy atom. The molecule has 6 heteroatoms. The lowest BCUT2D eigenvalue weighted by molar-refractivity contribution is -0.135. The van der Waals surface area contributed by atoms with Gasteiger partial charge in [-0.25, -0.2) is 4.79 Å². The number of nitrogens with one attached hydrogen (secondary N) is 1. The molecule has 1 aliphatic rings. The van der Waals surface area contributed by atoms with Gasteiger partial charge in [-0.2, -0.15) is 0 Å². The molecule has 1 atom stereocenters. The third kappa shape index (κ3) is 6.64. The molecule has 0 aliphatic heterocycles. The maximum absolute atomic E-state index is 11.9. The summed E-state index contributed by atoms with van der Waals surface area (Å²) in [5.74, 6) is -0.576. The lowest BCUT2D eigenvalue weighted by Crippen LogP contribution is -2.29. The van der Waals surface area contributed by atoms with Crippen molar-refractivity contribution in [2.75, 3.05) is 5.75 Å². The number of amides is 1. The van der Waals surface area contributed by atoms with Crippen LogP contribution in [0.15, 0.2) is 11.8 Å². The zero-order valence-electron chi connectivity index (χ0n) is 13.5. The first-order valence-corrected chi connectivity index (χ1v) is 8.60. The van der Waals surface area contributed by atoms with Crippen molar-refractivity contribution in [1.82, 2.24) is 5.32 Å². The van der Waals surface area contributed by atoms with Gasteiger partial charge >= 0.3 is 5.97 Å². The zero-order valence-corrected chi connectivity index (χ0v) is 14.3. The van der Waals surface area contributed by atoms with Crippen LogP contribution in [0, 0.1) is 11.3 Å². The maximum atomic E-state index is 11.9. The van der Waals surface area contributed by atoms with Gasteiger partial charge in [-0.1, -0.05) is 38.1 Å². The Bertz CT molecular complexity index is 471. The topological polar surface area (TPSA) is 83.5 Å². The second kappa shape index (κ2) is 8.36. The Labute approximate surface area is 135 Å². The van der Waals surface area contributed by atoms with E-state index in [0.29, 0.717) is 6.42 Å². The fourth-order valence-corrected chi connectivity index (χ4v) is 2.85. The summed E-state index contributed by atoms with van der Waals surface area (Å²) < 4.78 is 0. The summed E-state index contributed by atoms with van der Waals surface area (Å²) in [4.78, 5) is 33.8.